The van der Waals surface area contributed by atoms with Crippen molar-refractivity contribution in [2.75, 3.05) is 6.54 Å². The number of carboxylic acids is 1. The number of carbonyl (C=O) groups is 2. The number of rotatable bonds is 3. The van der Waals surface area contributed by atoms with Gasteiger partial charge in [-0.05, 0) is 20.8 Å². The molecule has 0 saturated carbocycles. The minimum absolute atomic E-state index is 0.0250. The van der Waals surface area contributed by atoms with E-state index in [-0.39, 0.29) is 13.0 Å². The molecule has 0 saturated heterocycles. The third-order valence-electron chi connectivity index (χ3n) is 0.997. The zero-order valence-corrected chi connectivity index (χ0v) is 8.05. The van der Waals surface area contributed by atoms with Gasteiger partial charge in [0.15, 0.2) is 0 Å². The van der Waals surface area contributed by atoms with Gasteiger partial charge in [-0.1, -0.05) is 0 Å². The van der Waals surface area contributed by atoms with Gasteiger partial charge in [0.1, 0.15) is 5.60 Å². The van der Waals surface area contributed by atoms with E-state index in [1.165, 1.54) is 0 Å². The van der Waals surface area contributed by atoms with Crippen LogP contribution in [0.2, 0.25) is 0 Å². The summed E-state index contributed by atoms with van der Waals surface area (Å²) in [5.74, 6) is -1.20. The Morgan fingerprint density at radius 1 is 1.38 bits per heavy atom. The largest absolute Gasteiger partial charge is 0.550 e. The monoisotopic (exact) mass is 188 g/mol. The van der Waals surface area contributed by atoms with E-state index in [0.29, 0.717) is 0 Å². The van der Waals surface area contributed by atoms with Crippen molar-refractivity contribution in [1.82, 2.24) is 5.32 Å². The molecule has 0 atom stereocenters. The standard InChI is InChI=1S/C8H15NO4/c1-8(2,3)13-7(12)9-5-4-6(10)11/h4-5H2,1-3H3,(H,9,12)(H,10,11)/p-1. The van der Waals surface area contributed by atoms with Crippen molar-refractivity contribution in [3.05, 3.63) is 0 Å². The molecule has 0 aliphatic carbocycles. The molecule has 13 heavy (non-hydrogen) atoms. The Morgan fingerprint density at radius 2 is 1.92 bits per heavy atom. The van der Waals surface area contributed by atoms with Crippen LogP contribution in [0.4, 0.5) is 4.79 Å². The molecule has 0 bridgehead atoms. The van der Waals surface area contributed by atoms with Crippen molar-refractivity contribution in [3.63, 3.8) is 0 Å². The lowest BCUT2D eigenvalue weighted by atomic mass is 10.2. The maximum atomic E-state index is 10.9. The molecule has 0 rings (SSSR count). The third kappa shape index (κ3) is 8.65. The lowest BCUT2D eigenvalue weighted by Gasteiger charge is -2.19. The smallest absolute Gasteiger partial charge is 0.407 e. The highest BCUT2D eigenvalue weighted by Gasteiger charge is 2.15. The maximum Gasteiger partial charge on any atom is 0.407 e. The van der Waals surface area contributed by atoms with Gasteiger partial charge in [0.2, 0.25) is 0 Å². The molecular weight excluding hydrogens is 174 g/mol. The molecule has 0 aromatic carbocycles. The summed E-state index contributed by atoms with van der Waals surface area (Å²) in [5, 5.41) is 12.3. The highest BCUT2D eigenvalue weighted by Crippen LogP contribution is 2.05. The van der Waals surface area contributed by atoms with Crippen molar-refractivity contribution in [1.29, 1.82) is 0 Å². The van der Waals surface area contributed by atoms with Crippen LogP contribution in [0.5, 0.6) is 0 Å². The molecule has 5 nitrogen and oxygen atoms in total. The molecule has 76 valence electrons. The van der Waals surface area contributed by atoms with Crippen LogP contribution >= 0.6 is 0 Å². The fourth-order valence-electron chi connectivity index (χ4n) is 0.581. The summed E-state index contributed by atoms with van der Waals surface area (Å²) in [7, 11) is 0. The van der Waals surface area contributed by atoms with Gasteiger partial charge in [0.25, 0.3) is 0 Å². The van der Waals surface area contributed by atoms with Crippen LogP contribution in [0, 0.1) is 0 Å². The van der Waals surface area contributed by atoms with Gasteiger partial charge >= 0.3 is 6.09 Å². The molecule has 0 aromatic heterocycles. The van der Waals surface area contributed by atoms with Crippen molar-refractivity contribution >= 4 is 12.1 Å². The second-order valence-corrected chi connectivity index (χ2v) is 3.55. The molecule has 0 aliphatic rings. The normalized spacial score (nSPS) is 10.7. The minimum Gasteiger partial charge on any atom is -0.550 e. The van der Waals surface area contributed by atoms with Crippen molar-refractivity contribution < 1.29 is 19.4 Å². The predicted octanol–water partition coefficient (Wildman–Crippen LogP) is -0.349. The number of amides is 1. The van der Waals surface area contributed by atoms with Gasteiger partial charge in [-0.2, -0.15) is 0 Å². The summed E-state index contributed by atoms with van der Waals surface area (Å²) in [6.45, 7) is 5.21. The van der Waals surface area contributed by atoms with Gasteiger partial charge in [-0.25, -0.2) is 4.79 Å². The predicted molar refractivity (Wildman–Crippen MR) is 43.9 cm³/mol. The molecule has 0 spiro atoms. The van der Waals surface area contributed by atoms with E-state index in [1.807, 2.05) is 0 Å². The van der Waals surface area contributed by atoms with Crippen LogP contribution in [0.25, 0.3) is 0 Å². The molecule has 1 amide bonds. The average Bonchev–Trinajstić information content (AvgIpc) is 1.81. The van der Waals surface area contributed by atoms with Gasteiger partial charge in [0.05, 0.1) is 0 Å². The van der Waals surface area contributed by atoms with Crippen molar-refractivity contribution in [2.24, 2.45) is 0 Å². The van der Waals surface area contributed by atoms with E-state index in [4.69, 9.17) is 4.74 Å². The van der Waals surface area contributed by atoms with E-state index in [9.17, 15) is 14.7 Å². The van der Waals surface area contributed by atoms with Crippen LogP contribution in [0.3, 0.4) is 0 Å². The number of alkyl carbamates (subject to hydrolysis) is 1. The first kappa shape index (κ1) is 11.7. The molecule has 0 radical (unpaired) electrons. The number of aliphatic carboxylic acids is 1. The summed E-state index contributed by atoms with van der Waals surface area (Å²) >= 11 is 0. The van der Waals surface area contributed by atoms with Crippen LogP contribution in [0.15, 0.2) is 0 Å². The fourth-order valence-corrected chi connectivity index (χ4v) is 0.581. The van der Waals surface area contributed by atoms with Gasteiger partial charge in [-0.15, -0.1) is 0 Å². The lowest BCUT2D eigenvalue weighted by Crippen LogP contribution is -2.35. The minimum atomic E-state index is -1.20. The first-order valence-corrected chi connectivity index (χ1v) is 3.98. The zero-order valence-electron chi connectivity index (χ0n) is 8.05. The Bertz CT molecular complexity index is 195. The molecule has 0 heterocycles. The average molecular weight is 188 g/mol. The second kappa shape index (κ2) is 4.69. The van der Waals surface area contributed by atoms with E-state index in [1.54, 1.807) is 20.8 Å². The Labute approximate surface area is 77.1 Å². The number of hydrogen-bond donors (Lipinski definition) is 1. The lowest BCUT2D eigenvalue weighted by molar-refractivity contribution is -0.305. The van der Waals surface area contributed by atoms with Crippen molar-refractivity contribution in [3.8, 4) is 0 Å². The summed E-state index contributed by atoms with van der Waals surface area (Å²) in [6.07, 6.45) is -0.826. The van der Waals surface area contributed by atoms with Gasteiger partial charge < -0.3 is 20.0 Å². The molecule has 1 N–H and O–H groups in total. The summed E-state index contributed by atoms with van der Waals surface area (Å²) < 4.78 is 4.86. The second-order valence-electron chi connectivity index (χ2n) is 3.55. The molecule has 0 fully saturated rings. The highest BCUT2D eigenvalue weighted by atomic mass is 16.6. The maximum absolute atomic E-state index is 10.9. The molecule has 0 aliphatic heterocycles. The topological polar surface area (TPSA) is 78.5 Å². The third-order valence-corrected chi connectivity index (χ3v) is 0.997. The summed E-state index contributed by atoms with van der Waals surface area (Å²) in [4.78, 5) is 20.9. The molecule has 0 aromatic rings. The van der Waals surface area contributed by atoms with Crippen LogP contribution < -0.4 is 10.4 Å². The number of nitrogens with one attached hydrogen (secondary N) is 1. The van der Waals surface area contributed by atoms with Gasteiger partial charge in [-0.3, -0.25) is 0 Å². The fraction of sp³-hybridized carbons (Fsp3) is 0.750. The Morgan fingerprint density at radius 3 is 2.31 bits per heavy atom. The number of carboxylic acid groups (broad SMARTS) is 1. The Hall–Kier alpha value is -1.26. The van der Waals surface area contributed by atoms with E-state index in [2.05, 4.69) is 5.32 Å². The van der Waals surface area contributed by atoms with Gasteiger partial charge in [0, 0.05) is 18.9 Å². The first-order valence-electron chi connectivity index (χ1n) is 3.98. The van der Waals surface area contributed by atoms with E-state index in [0.717, 1.165) is 0 Å². The zero-order chi connectivity index (χ0) is 10.5. The molecule has 0 unspecified atom stereocenters. The number of ether oxygens (including phenoxy) is 1. The van der Waals surface area contributed by atoms with Crippen LogP contribution in [0.1, 0.15) is 27.2 Å². The molecular formula is C8H14NO4-. The Balaban J connectivity index is 3.59. The Kier molecular flexibility index (Phi) is 4.23. The number of carbonyl (C=O) groups excluding carboxylic acids is 2. The number of hydrogen-bond acceptors (Lipinski definition) is 4. The van der Waals surface area contributed by atoms with Crippen molar-refractivity contribution in [2.45, 2.75) is 32.8 Å². The van der Waals surface area contributed by atoms with Crippen LogP contribution in [-0.2, 0) is 9.53 Å². The highest BCUT2D eigenvalue weighted by molar-refractivity contribution is 5.69. The summed E-state index contributed by atoms with van der Waals surface area (Å²) in [6, 6.07) is 0. The SMILES string of the molecule is CC(C)(C)OC(=O)NCCC(=O)[O-]. The summed E-state index contributed by atoms with van der Waals surface area (Å²) in [5.41, 5.74) is -0.564. The molecule has 5 heteroatoms. The van der Waals surface area contributed by atoms with Crippen LogP contribution in [-0.4, -0.2) is 24.2 Å². The first-order chi connectivity index (χ1) is 5.81. The van der Waals surface area contributed by atoms with E-state index < -0.39 is 17.7 Å². The quantitative estimate of drug-likeness (QED) is 0.656. The van der Waals surface area contributed by atoms with E-state index >= 15 is 0 Å².